The van der Waals surface area contributed by atoms with Crippen LogP contribution in [0.25, 0.3) is 0 Å². The van der Waals surface area contributed by atoms with Crippen LogP contribution < -0.4 is 0 Å². The zero-order chi connectivity index (χ0) is 15.5. The van der Waals surface area contributed by atoms with E-state index >= 15 is 0 Å². The maximum Gasteiger partial charge on any atom is 0.326 e. The Balaban J connectivity index is 2.26. The molecule has 6 heteroatoms. The van der Waals surface area contributed by atoms with Gasteiger partial charge in [-0.15, -0.1) is 0 Å². The summed E-state index contributed by atoms with van der Waals surface area (Å²) in [6, 6.07) is 9.43. The van der Waals surface area contributed by atoms with E-state index in [9.17, 15) is 14.9 Å². The second kappa shape index (κ2) is 6.22. The fraction of sp³-hybridized carbons (Fsp3) is 0.533. The third-order valence-corrected chi connectivity index (χ3v) is 4.22. The van der Waals surface area contributed by atoms with E-state index in [1.807, 2.05) is 42.2 Å². The minimum absolute atomic E-state index is 0.153. The van der Waals surface area contributed by atoms with Gasteiger partial charge in [-0.3, -0.25) is 19.8 Å². The van der Waals surface area contributed by atoms with Crippen molar-refractivity contribution in [1.29, 1.82) is 0 Å². The van der Waals surface area contributed by atoms with Gasteiger partial charge in [0.25, 0.3) is 0 Å². The number of benzene rings is 1. The molecular formula is C15H20N2O4. The molecule has 0 aromatic heterocycles. The van der Waals surface area contributed by atoms with Crippen LogP contribution in [0.4, 0.5) is 0 Å². The van der Waals surface area contributed by atoms with E-state index in [0.29, 0.717) is 19.4 Å². The van der Waals surface area contributed by atoms with Crippen molar-refractivity contribution in [2.24, 2.45) is 0 Å². The molecule has 1 fully saturated rings. The summed E-state index contributed by atoms with van der Waals surface area (Å²) in [6.45, 7) is 2.16. The summed E-state index contributed by atoms with van der Waals surface area (Å²) in [6.07, 6.45) is 1.20. The maximum absolute atomic E-state index is 12.1. The molecule has 0 amide bonds. The predicted octanol–water partition coefficient (Wildman–Crippen LogP) is 1.86. The van der Waals surface area contributed by atoms with Gasteiger partial charge in [0.2, 0.25) is 6.54 Å². The molecule has 0 N–H and O–H groups in total. The summed E-state index contributed by atoms with van der Waals surface area (Å²) in [7, 11) is 1.36. The molecule has 0 radical (unpaired) electrons. The summed E-state index contributed by atoms with van der Waals surface area (Å²) in [5.74, 6) is -0.329. The fourth-order valence-electron chi connectivity index (χ4n) is 3.03. The van der Waals surface area contributed by atoms with Gasteiger partial charge in [0.1, 0.15) is 5.54 Å². The normalized spacial score (nSPS) is 25.7. The number of hydrogen-bond donors (Lipinski definition) is 0. The third kappa shape index (κ3) is 3.21. The highest BCUT2D eigenvalue weighted by molar-refractivity contribution is 5.80. The first-order valence-corrected chi connectivity index (χ1v) is 6.98. The van der Waals surface area contributed by atoms with Gasteiger partial charge in [0.15, 0.2) is 0 Å². The van der Waals surface area contributed by atoms with E-state index in [1.54, 1.807) is 0 Å². The average Bonchev–Trinajstić information content (AvgIpc) is 2.77. The first kappa shape index (κ1) is 15.4. The maximum atomic E-state index is 12.1. The van der Waals surface area contributed by atoms with Crippen LogP contribution in [0.15, 0.2) is 30.3 Å². The van der Waals surface area contributed by atoms with E-state index in [-0.39, 0.29) is 23.5 Å². The third-order valence-electron chi connectivity index (χ3n) is 4.22. The number of ether oxygens (including phenoxy) is 1. The lowest BCUT2D eigenvalue weighted by Crippen LogP contribution is -2.52. The number of carbonyl (C=O) groups excluding carboxylic acids is 1. The van der Waals surface area contributed by atoms with Crippen molar-refractivity contribution in [1.82, 2.24) is 4.90 Å². The molecule has 6 nitrogen and oxygen atoms in total. The molecule has 0 spiro atoms. The molecular weight excluding hydrogens is 272 g/mol. The highest BCUT2D eigenvalue weighted by atomic mass is 16.6. The van der Waals surface area contributed by atoms with Gasteiger partial charge in [-0.2, -0.15) is 0 Å². The summed E-state index contributed by atoms with van der Waals surface area (Å²) in [4.78, 5) is 24.6. The smallest absolute Gasteiger partial charge is 0.326 e. The fourth-order valence-corrected chi connectivity index (χ4v) is 3.03. The van der Waals surface area contributed by atoms with Gasteiger partial charge < -0.3 is 4.74 Å². The van der Waals surface area contributed by atoms with Gasteiger partial charge in [-0.05, 0) is 25.3 Å². The minimum atomic E-state index is -0.800. The molecule has 1 aromatic rings. The lowest BCUT2D eigenvalue weighted by molar-refractivity contribution is -0.486. The van der Waals surface area contributed by atoms with Crippen LogP contribution in [-0.2, 0) is 16.1 Å². The van der Waals surface area contributed by atoms with E-state index in [1.165, 1.54) is 7.11 Å². The van der Waals surface area contributed by atoms with Gasteiger partial charge in [-0.1, -0.05) is 30.3 Å². The highest BCUT2D eigenvalue weighted by Crippen LogP contribution is 2.36. The molecule has 1 heterocycles. The van der Waals surface area contributed by atoms with E-state index in [2.05, 4.69) is 0 Å². The number of rotatable bonds is 5. The van der Waals surface area contributed by atoms with Gasteiger partial charge in [-0.25, -0.2) is 0 Å². The van der Waals surface area contributed by atoms with Crippen LogP contribution in [0.3, 0.4) is 0 Å². The molecule has 1 aromatic carbocycles. The lowest BCUT2D eigenvalue weighted by Gasteiger charge is -2.35. The monoisotopic (exact) mass is 292 g/mol. The zero-order valence-electron chi connectivity index (χ0n) is 12.3. The molecule has 21 heavy (non-hydrogen) atoms. The summed E-state index contributed by atoms with van der Waals surface area (Å²) in [5.41, 5.74) is 0.230. The van der Waals surface area contributed by atoms with E-state index in [4.69, 9.17) is 4.74 Å². The van der Waals surface area contributed by atoms with E-state index in [0.717, 1.165) is 5.56 Å². The van der Waals surface area contributed by atoms with Gasteiger partial charge in [0.05, 0.1) is 13.2 Å². The van der Waals surface area contributed by atoms with Crippen molar-refractivity contribution < 1.29 is 14.5 Å². The molecule has 1 unspecified atom stereocenters. The number of likely N-dealkylation sites (tertiary alicyclic amines) is 1. The molecule has 0 bridgehead atoms. The zero-order valence-corrected chi connectivity index (χ0v) is 12.3. The lowest BCUT2D eigenvalue weighted by atomic mass is 9.98. The Morgan fingerprint density at radius 2 is 2.14 bits per heavy atom. The van der Waals surface area contributed by atoms with Crippen LogP contribution in [0.1, 0.15) is 25.3 Å². The number of nitro groups is 1. The van der Waals surface area contributed by atoms with Crippen molar-refractivity contribution in [2.45, 2.75) is 37.9 Å². The van der Waals surface area contributed by atoms with Crippen LogP contribution >= 0.6 is 0 Å². The first-order valence-electron chi connectivity index (χ1n) is 6.98. The van der Waals surface area contributed by atoms with E-state index < -0.39 is 5.54 Å². The van der Waals surface area contributed by atoms with Crippen LogP contribution in [0.2, 0.25) is 0 Å². The van der Waals surface area contributed by atoms with Crippen molar-refractivity contribution >= 4 is 5.97 Å². The Morgan fingerprint density at radius 1 is 1.48 bits per heavy atom. The number of carbonyl (C=O) groups is 1. The van der Waals surface area contributed by atoms with Crippen LogP contribution in [-0.4, -0.2) is 41.0 Å². The predicted molar refractivity (Wildman–Crippen MR) is 77.3 cm³/mol. The van der Waals surface area contributed by atoms with Crippen molar-refractivity contribution in [2.75, 3.05) is 13.7 Å². The largest absolute Gasteiger partial charge is 0.468 e. The molecule has 2 atom stereocenters. The second-order valence-electron chi connectivity index (χ2n) is 5.59. The number of methoxy groups -OCH3 is 1. The summed E-state index contributed by atoms with van der Waals surface area (Å²) >= 11 is 0. The first-order chi connectivity index (χ1) is 9.97. The molecule has 1 aliphatic rings. The summed E-state index contributed by atoms with van der Waals surface area (Å²) < 4.78 is 4.91. The van der Waals surface area contributed by atoms with Gasteiger partial charge >= 0.3 is 5.97 Å². The summed E-state index contributed by atoms with van der Waals surface area (Å²) in [5, 5.41) is 10.9. The number of esters is 1. The minimum Gasteiger partial charge on any atom is -0.468 e. The Hall–Kier alpha value is -1.95. The van der Waals surface area contributed by atoms with Crippen molar-refractivity contribution in [3.63, 3.8) is 0 Å². The Morgan fingerprint density at radius 3 is 2.71 bits per heavy atom. The van der Waals surface area contributed by atoms with Crippen molar-refractivity contribution in [3.05, 3.63) is 46.0 Å². The highest BCUT2D eigenvalue weighted by Gasteiger charge is 2.50. The Bertz CT molecular complexity index is 520. The average molecular weight is 292 g/mol. The number of nitrogens with zero attached hydrogens (tertiary/aromatic N) is 2. The van der Waals surface area contributed by atoms with Gasteiger partial charge in [0, 0.05) is 11.5 Å². The van der Waals surface area contributed by atoms with Crippen molar-refractivity contribution in [3.8, 4) is 0 Å². The molecule has 2 rings (SSSR count). The standard InChI is InChI=1S/C15H20N2O4/c1-15(14(18)21-2)9-8-13(11-17(19)20)16(15)10-12-6-4-3-5-7-12/h3-7,13H,8-11H2,1-2H3/t13?,15-/m1/s1. The number of hydrogen-bond acceptors (Lipinski definition) is 5. The second-order valence-corrected chi connectivity index (χ2v) is 5.59. The molecule has 114 valence electrons. The Kier molecular flexibility index (Phi) is 4.57. The van der Waals surface area contributed by atoms with Crippen LogP contribution in [0, 0.1) is 10.1 Å². The SMILES string of the molecule is COC(=O)[C@@]1(C)CCC(C[N+](=O)[O-])N1Cc1ccccc1. The Labute approximate surface area is 123 Å². The molecule has 0 aliphatic carbocycles. The topological polar surface area (TPSA) is 72.7 Å². The molecule has 1 aliphatic heterocycles. The molecule has 0 saturated carbocycles. The van der Waals surface area contributed by atoms with Crippen LogP contribution in [0.5, 0.6) is 0 Å². The molecule has 1 saturated heterocycles. The quantitative estimate of drug-likeness (QED) is 0.470.